The van der Waals surface area contributed by atoms with Crippen molar-refractivity contribution >= 4 is 17.7 Å². The second-order valence-electron chi connectivity index (χ2n) is 10.0. The smallest absolute Gasteiger partial charge is 0.302 e. The highest BCUT2D eigenvalue weighted by molar-refractivity contribution is 5.95. The van der Waals surface area contributed by atoms with Gasteiger partial charge in [-0.15, -0.1) is 0 Å². The number of esters is 2. The van der Waals surface area contributed by atoms with E-state index in [1.165, 1.54) is 13.8 Å². The van der Waals surface area contributed by atoms with Gasteiger partial charge in [0.25, 0.3) is 0 Å². The number of carbonyl (C=O) groups is 3. The van der Waals surface area contributed by atoms with Crippen LogP contribution in [0.1, 0.15) is 80.1 Å². The van der Waals surface area contributed by atoms with E-state index in [1.54, 1.807) is 6.08 Å². The summed E-state index contributed by atoms with van der Waals surface area (Å²) in [4.78, 5) is 35.5. The van der Waals surface area contributed by atoms with E-state index in [-0.39, 0.29) is 47.0 Å². The highest BCUT2D eigenvalue weighted by Crippen LogP contribution is 2.59. The molecule has 0 spiro atoms. The molecule has 0 aliphatic heterocycles. The molecule has 0 saturated heterocycles. The first-order chi connectivity index (χ1) is 13.5. The summed E-state index contributed by atoms with van der Waals surface area (Å²) in [6.45, 7) is 12.4. The van der Waals surface area contributed by atoms with Crippen LogP contribution in [0.5, 0.6) is 0 Å². The van der Waals surface area contributed by atoms with Gasteiger partial charge in [-0.2, -0.15) is 0 Å². The molecule has 0 unspecified atom stereocenters. The van der Waals surface area contributed by atoms with Crippen molar-refractivity contribution in [3.8, 4) is 0 Å². The molecule has 0 aromatic carbocycles. The molecular formula is C24H38O5. The molecule has 0 N–H and O–H groups in total. The first-order valence-corrected chi connectivity index (χ1v) is 11.0. The summed E-state index contributed by atoms with van der Waals surface area (Å²) in [6, 6.07) is 0. The molecule has 5 nitrogen and oxygen atoms in total. The maximum Gasteiger partial charge on any atom is 0.302 e. The monoisotopic (exact) mass is 406 g/mol. The fourth-order valence-corrected chi connectivity index (χ4v) is 5.82. The van der Waals surface area contributed by atoms with Crippen molar-refractivity contribution in [2.75, 3.05) is 13.2 Å². The van der Waals surface area contributed by atoms with Gasteiger partial charge in [0, 0.05) is 19.8 Å². The minimum absolute atomic E-state index is 0.00572. The molecule has 0 radical (unpaired) electrons. The summed E-state index contributed by atoms with van der Waals surface area (Å²) in [5.41, 5.74) is 0.833. The van der Waals surface area contributed by atoms with E-state index in [4.69, 9.17) is 9.47 Å². The third kappa shape index (κ3) is 5.70. The molecule has 4 atom stereocenters. The lowest BCUT2D eigenvalue weighted by Crippen LogP contribution is -2.53. The van der Waals surface area contributed by atoms with Gasteiger partial charge in [0.15, 0.2) is 5.78 Å². The van der Waals surface area contributed by atoms with Crippen LogP contribution in [-0.2, 0) is 23.9 Å². The summed E-state index contributed by atoms with van der Waals surface area (Å²) in [5, 5.41) is 0. The van der Waals surface area contributed by atoms with Crippen LogP contribution >= 0.6 is 0 Å². The van der Waals surface area contributed by atoms with Crippen molar-refractivity contribution in [1.82, 2.24) is 0 Å². The van der Waals surface area contributed by atoms with Gasteiger partial charge in [-0.05, 0) is 66.4 Å². The molecule has 0 aromatic heterocycles. The van der Waals surface area contributed by atoms with Crippen LogP contribution < -0.4 is 0 Å². The lowest BCUT2D eigenvalue weighted by atomic mass is 9.47. The van der Waals surface area contributed by atoms with Crippen LogP contribution in [0.25, 0.3) is 0 Å². The average Bonchev–Trinajstić information content (AvgIpc) is 2.57. The normalized spacial score (nSPS) is 29.4. The molecule has 164 valence electrons. The second kappa shape index (κ2) is 9.44. The molecule has 0 heterocycles. The van der Waals surface area contributed by atoms with E-state index < -0.39 is 0 Å². The molecule has 1 saturated carbocycles. The fraction of sp³-hybridized carbons (Fsp3) is 0.792. The largest absolute Gasteiger partial charge is 0.466 e. The van der Waals surface area contributed by atoms with Crippen molar-refractivity contribution < 1.29 is 23.9 Å². The maximum atomic E-state index is 13.1. The third-order valence-electron chi connectivity index (χ3n) is 7.14. The predicted molar refractivity (Wildman–Crippen MR) is 112 cm³/mol. The van der Waals surface area contributed by atoms with Gasteiger partial charge in [0.05, 0.1) is 6.61 Å². The number of ether oxygens (including phenoxy) is 2. The molecule has 0 aromatic rings. The van der Waals surface area contributed by atoms with Crippen LogP contribution in [0, 0.1) is 28.6 Å². The van der Waals surface area contributed by atoms with E-state index in [0.29, 0.717) is 12.5 Å². The van der Waals surface area contributed by atoms with Gasteiger partial charge in [0.1, 0.15) is 6.61 Å². The fourth-order valence-electron chi connectivity index (χ4n) is 5.82. The lowest BCUT2D eigenvalue weighted by Gasteiger charge is -2.56. The van der Waals surface area contributed by atoms with Crippen LogP contribution in [0.15, 0.2) is 11.6 Å². The Labute approximate surface area is 175 Å². The molecule has 2 aliphatic rings. The highest BCUT2D eigenvalue weighted by Gasteiger charge is 2.55. The number of allylic oxidation sites excluding steroid dienone is 1. The zero-order valence-electron chi connectivity index (χ0n) is 19.0. The SMILES string of the molecule is CC(=O)OCC[C@@H](C)CC[C@H]1C(COC(C)=O)=CC(=O)[C@H]2C(C)(C)CCC[C@]12C. The quantitative estimate of drug-likeness (QED) is 0.538. The molecule has 0 bridgehead atoms. The third-order valence-corrected chi connectivity index (χ3v) is 7.14. The van der Waals surface area contributed by atoms with E-state index in [1.807, 2.05) is 0 Å². The Balaban J connectivity index is 2.20. The Morgan fingerprint density at radius 2 is 1.76 bits per heavy atom. The van der Waals surface area contributed by atoms with Crippen molar-refractivity contribution in [1.29, 1.82) is 0 Å². The lowest BCUT2D eigenvalue weighted by molar-refractivity contribution is -0.143. The van der Waals surface area contributed by atoms with Gasteiger partial charge in [-0.25, -0.2) is 0 Å². The van der Waals surface area contributed by atoms with Crippen molar-refractivity contribution in [2.45, 2.75) is 80.1 Å². The van der Waals surface area contributed by atoms with Crippen molar-refractivity contribution in [3.63, 3.8) is 0 Å². The first-order valence-electron chi connectivity index (χ1n) is 11.0. The van der Waals surface area contributed by atoms with Gasteiger partial charge in [-0.3, -0.25) is 14.4 Å². The molecule has 5 heteroatoms. The Kier molecular flexibility index (Phi) is 7.69. The van der Waals surface area contributed by atoms with E-state index in [2.05, 4.69) is 27.7 Å². The topological polar surface area (TPSA) is 69.7 Å². The highest BCUT2D eigenvalue weighted by atomic mass is 16.5. The van der Waals surface area contributed by atoms with E-state index in [9.17, 15) is 14.4 Å². The molecule has 29 heavy (non-hydrogen) atoms. The molecular weight excluding hydrogens is 368 g/mol. The average molecular weight is 407 g/mol. The molecule has 0 amide bonds. The van der Waals surface area contributed by atoms with Crippen LogP contribution in [-0.4, -0.2) is 30.9 Å². The minimum Gasteiger partial charge on any atom is -0.466 e. The predicted octanol–water partition coefficient (Wildman–Crippen LogP) is 4.88. The standard InChI is InChI=1S/C24H38O5/c1-16(10-13-28-17(2)25)8-9-20-19(15-29-18(3)26)14-21(27)22-23(4,5)11-7-12-24(20,22)6/h14,16,20,22H,7-13,15H2,1-6H3/t16-,20-,22-,24+/m0/s1. The Bertz CT molecular complexity index is 662. The summed E-state index contributed by atoms with van der Waals surface area (Å²) in [6.07, 6.45) is 7.75. The summed E-state index contributed by atoms with van der Waals surface area (Å²) >= 11 is 0. The van der Waals surface area contributed by atoms with Gasteiger partial charge in [0.2, 0.25) is 0 Å². The van der Waals surface area contributed by atoms with Crippen LogP contribution in [0.2, 0.25) is 0 Å². The number of carbonyl (C=O) groups excluding carboxylic acids is 3. The maximum absolute atomic E-state index is 13.1. The number of hydrogen-bond acceptors (Lipinski definition) is 5. The zero-order chi connectivity index (χ0) is 21.8. The van der Waals surface area contributed by atoms with Crippen molar-refractivity contribution in [3.05, 3.63) is 11.6 Å². The Morgan fingerprint density at radius 3 is 2.38 bits per heavy atom. The zero-order valence-corrected chi connectivity index (χ0v) is 19.0. The van der Waals surface area contributed by atoms with Gasteiger partial charge >= 0.3 is 11.9 Å². The number of hydrogen-bond donors (Lipinski definition) is 0. The Morgan fingerprint density at radius 1 is 1.10 bits per heavy atom. The minimum atomic E-state index is -0.317. The summed E-state index contributed by atoms with van der Waals surface area (Å²) < 4.78 is 10.4. The molecule has 2 rings (SSSR count). The van der Waals surface area contributed by atoms with E-state index >= 15 is 0 Å². The number of rotatable bonds is 8. The number of ketones is 1. The van der Waals surface area contributed by atoms with Crippen LogP contribution in [0.3, 0.4) is 0 Å². The first kappa shape index (κ1) is 23.6. The summed E-state index contributed by atoms with van der Waals surface area (Å²) in [7, 11) is 0. The molecule has 2 aliphatic carbocycles. The second-order valence-corrected chi connectivity index (χ2v) is 10.0. The van der Waals surface area contributed by atoms with Gasteiger partial charge < -0.3 is 9.47 Å². The van der Waals surface area contributed by atoms with Gasteiger partial charge in [-0.1, -0.05) is 34.1 Å². The molecule has 1 fully saturated rings. The van der Waals surface area contributed by atoms with Crippen molar-refractivity contribution in [2.24, 2.45) is 28.6 Å². The summed E-state index contributed by atoms with van der Waals surface area (Å²) in [5.74, 6) is 0.281. The van der Waals surface area contributed by atoms with E-state index in [0.717, 1.165) is 44.1 Å². The number of fused-ring (bicyclic) bond motifs is 1. The Hall–Kier alpha value is -1.65. The van der Waals surface area contributed by atoms with Crippen LogP contribution in [0.4, 0.5) is 0 Å².